The Kier molecular flexibility index (Phi) is 9.52. The summed E-state index contributed by atoms with van der Waals surface area (Å²) in [5.74, 6) is -0.880. The molecule has 6 atom stereocenters. The van der Waals surface area contributed by atoms with Crippen LogP contribution in [0.3, 0.4) is 0 Å². The second kappa shape index (κ2) is 11.2. The number of carbonyl (C=O) groups is 1. The molecule has 0 saturated carbocycles. The van der Waals surface area contributed by atoms with Gasteiger partial charge in [-0.15, -0.1) is 0 Å². The normalized spacial score (nSPS) is 26.1. The van der Waals surface area contributed by atoms with Gasteiger partial charge in [0.1, 0.15) is 24.9 Å². The van der Waals surface area contributed by atoms with E-state index in [1.165, 1.54) is 0 Å². The Morgan fingerprint density at radius 3 is 2.29 bits per heavy atom. The molecule has 1 aromatic heterocycles. The van der Waals surface area contributed by atoms with E-state index in [1.807, 2.05) is 4.98 Å². The van der Waals surface area contributed by atoms with Gasteiger partial charge in [0, 0.05) is 6.42 Å². The van der Waals surface area contributed by atoms with Crippen molar-refractivity contribution in [3.63, 3.8) is 0 Å². The molecule has 0 aromatic carbocycles. The van der Waals surface area contributed by atoms with Gasteiger partial charge in [0.25, 0.3) is 5.56 Å². The third-order valence-electron chi connectivity index (χ3n) is 4.15. The quantitative estimate of drug-likeness (QED) is 0.132. The number of aromatic nitrogens is 2. The number of phosphoric ester groups is 1. The first-order valence-corrected chi connectivity index (χ1v) is 13.8. The van der Waals surface area contributed by atoms with Gasteiger partial charge in [-0.05, 0) is 0 Å². The maximum absolute atomic E-state index is 12.2. The van der Waals surface area contributed by atoms with E-state index >= 15 is 0 Å². The number of aliphatic hydroxyl groups excluding tert-OH is 2. The highest BCUT2D eigenvalue weighted by molar-refractivity contribution is 7.66. The van der Waals surface area contributed by atoms with Crippen LogP contribution in [0.1, 0.15) is 19.6 Å². The molecule has 22 heteroatoms. The van der Waals surface area contributed by atoms with Gasteiger partial charge in [-0.1, -0.05) is 6.92 Å². The number of hydrogen-bond acceptors (Lipinski definition) is 13. The summed E-state index contributed by atoms with van der Waals surface area (Å²) in [5.41, 5.74) is -2.14. The smallest absolute Gasteiger partial charge is 0.479 e. The molecule has 0 aliphatic carbocycles. The van der Waals surface area contributed by atoms with E-state index in [9.17, 15) is 43.2 Å². The van der Waals surface area contributed by atoms with Crippen molar-refractivity contribution in [2.24, 2.45) is 0 Å². The van der Waals surface area contributed by atoms with Crippen LogP contribution in [0, 0.1) is 0 Å². The van der Waals surface area contributed by atoms with Crippen LogP contribution in [0.5, 0.6) is 5.75 Å². The first kappa shape index (κ1) is 29.7. The first-order valence-electron chi connectivity index (χ1n) is 9.24. The highest BCUT2D eigenvalue weighted by Gasteiger charge is 2.47. The minimum absolute atomic E-state index is 0.103. The Balaban J connectivity index is 2.14. The zero-order chi connectivity index (χ0) is 26.8. The van der Waals surface area contributed by atoms with Gasteiger partial charge in [-0.3, -0.25) is 23.7 Å². The van der Waals surface area contributed by atoms with Gasteiger partial charge in [-0.2, -0.15) is 8.62 Å². The van der Waals surface area contributed by atoms with Crippen molar-refractivity contribution in [2.75, 3.05) is 13.2 Å². The lowest BCUT2D eigenvalue weighted by Crippen LogP contribution is -2.38. The van der Waals surface area contributed by atoms with Gasteiger partial charge < -0.3 is 39.3 Å². The van der Waals surface area contributed by atoms with Crippen molar-refractivity contribution in [1.29, 1.82) is 0 Å². The predicted octanol–water partition coefficient (Wildman–Crippen LogP) is -2.14. The van der Waals surface area contributed by atoms with E-state index in [0.717, 1.165) is 6.20 Å². The molecule has 2 unspecified atom stereocenters. The van der Waals surface area contributed by atoms with E-state index < -0.39 is 78.2 Å². The number of nitrogens with zero attached hydrogens (tertiary/aromatic N) is 1. The van der Waals surface area contributed by atoms with Crippen molar-refractivity contribution in [3.8, 4) is 5.75 Å². The van der Waals surface area contributed by atoms with Crippen molar-refractivity contribution >= 4 is 29.3 Å². The van der Waals surface area contributed by atoms with Crippen molar-refractivity contribution < 1.29 is 70.9 Å². The summed E-state index contributed by atoms with van der Waals surface area (Å²) in [6.45, 7) is -0.0778. The predicted molar refractivity (Wildman–Crippen MR) is 108 cm³/mol. The third-order valence-corrected chi connectivity index (χ3v) is 7.95. The number of rotatable bonds is 12. The molecule has 200 valence electrons. The van der Waals surface area contributed by atoms with Crippen LogP contribution < -0.4 is 16.0 Å². The monoisotopic (exact) mass is 570 g/mol. The molecule has 2 heterocycles. The lowest BCUT2D eigenvalue weighted by molar-refractivity contribution is -0.120. The summed E-state index contributed by atoms with van der Waals surface area (Å²) in [5, 5.41) is 20.4. The molecule has 1 fully saturated rings. The van der Waals surface area contributed by atoms with Crippen molar-refractivity contribution in [2.45, 2.75) is 37.9 Å². The topological polar surface area (TPSA) is 291 Å². The molecule has 19 nitrogen and oxygen atoms in total. The molecule has 1 aromatic rings. The van der Waals surface area contributed by atoms with E-state index in [2.05, 4.69) is 13.1 Å². The van der Waals surface area contributed by atoms with Crippen molar-refractivity contribution in [1.82, 2.24) is 9.55 Å². The van der Waals surface area contributed by atoms with Gasteiger partial charge in [0.15, 0.2) is 12.0 Å². The van der Waals surface area contributed by atoms with Gasteiger partial charge in [0.2, 0.25) is 5.75 Å². The largest absolute Gasteiger partial charge is 0.490 e. The summed E-state index contributed by atoms with van der Waals surface area (Å²) in [6.07, 6.45) is -6.28. The average Bonchev–Trinajstić information content (AvgIpc) is 2.97. The molecule has 0 amide bonds. The summed E-state index contributed by atoms with van der Waals surface area (Å²) >= 11 is 0. The maximum Gasteiger partial charge on any atom is 0.490 e. The lowest BCUT2D eigenvalue weighted by atomic mass is 10.1. The second-order valence-corrected chi connectivity index (χ2v) is 11.2. The number of nitrogens with one attached hydrogen (secondary N) is 1. The summed E-state index contributed by atoms with van der Waals surface area (Å²) < 4.78 is 56.0. The number of hydrogen-bond donors (Lipinski definition) is 7. The Bertz CT molecular complexity index is 1190. The van der Waals surface area contributed by atoms with Gasteiger partial charge in [0.05, 0.1) is 12.8 Å². The van der Waals surface area contributed by atoms with E-state index in [-0.39, 0.29) is 12.2 Å². The number of aromatic amines is 1. The molecule has 35 heavy (non-hydrogen) atoms. The van der Waals surface area contributed by atoms with Crippen LogP contribution in [-0.4, -0.2) is 76.6 Å². The molecule has 2 rings (SSSR count). The van der Waals surface area contributed by atoms with Gasteiger partial charge >= 0.3 is 29.2 Å². The molecular weight excluding hydrogens is 549 g/mol. The molecule has 0 spiro atoms. The fourth-order valence-electron chi connectivity index (χ4n) is 2.59. The zero-order valence-electron chi connectivity index (χ0n) is 17.5. The van der Waals surface area contributed by atoms with Crippen LogP contribution in [0.15, 0.2) is 15.8 Å². The van der Waals surface area contributed by atoms with Crippen LogP contribution in [0.25, 0.3) is 0 Å². The standard InChI is InChI=1S/C13H21N2O17P3/c1-2-6(16)4-28-7-3-15(13(20)14-11(7)19)12-10(18)9(17)8(30-12)5-29-34(24,25)32-35(26,27)31-33(21,22)23/h3,8-10,12,17-18H,2,4-5H2,1H3,(H,24,25)(H,26,27)(H,14,19,20)(H2,21,22,23)/t8-,9+,10+,12-/m1/s1. The number of aliphatic hydroxyl groups is 2. The number of phosphoric acid groups is 3. The number of H-pyrrole nitrogens is 1. The number of carbonyl (C=O) groups excluding carboxylic acids is 1. The van der Waals surface area contributed by atoms with Crippen LogP contribution in [0.2, 0.25) is 0 Å². The molecule has 7 N–H and O–H groups in total. The summed E-state index contributed by atoms with van der Waals surface area (Å²) in [6, 6.07) is 0. The molecule has 1 saturated heterocycles. The SMILES string of the molecule is CCC(=O)COc1cn([C@@H]2O[C@H](COP(=O)(O)OP(=O)(O)OP(=O)(O)O)[C@H](O)[C@@H]2O)c(=O)[nH]c1=O. The number of Topliss-reactive ketones (excluding diaryl/α,β-unsaturated/α-hetero) is 1. The summed E-state index contributed by atoms with van der Waals surface area (Å²) in [7, 11) is -17.0. The average molecular weight is 570 g/mol. The molecule has 0 bridgehead atoms. The van der Waals surface area contributed by atoms with E-state index in [0.29, 0.717) is 4.57 Å². The minimum atomic E-state index is -5.79. The zero-order valence-corrected chi connectivity index (χ0v) is 20.2. The van der Waals surface area contributed by atoms with Gasteiger partial charge in [-0.25, -0.2) is 18.5 Å². The fourth-order valence-corrected chi connectivity index (χ4v) is 5.62. The maximum atomic E-state index is 12.2. The molecule has 1 aliphatic rings. The van der Waals surface area contributed by atoms with Crippen LogP contribution in [0.4, 0.5) is 0 Å². The van der Waals surface area contributed by atoms with Crippen LogP contribution in [-0.2, 0) is 36.4 Å². The third kappa shape index (κ3) is 8.51. The minimum Gasteiger partial charge on any atom is -0.479 e. The Morgan fingerprint density at radius 1 is 1.09 bits per heavy atom. The van der Waals surface area contributed by atoms with E-state index in [1.54, 1.807) is 6.92 Å². The number of ether oxygens (including phenoxy) is 2. The first-order chi connectivity index (χ1) is 15.9. The second-order valence-electron chi connectivity index (χ2n) is 6.77. The Morgan fingerprint density at radius 2 is 1.71 bits per heavy atom. The molecule has 1 aliphatic heterocycles. The summed E-state index contributed by atoms with van der Waals surface area (Å²) in [4.78, 5) is 72.9. The molecular formula is C13H21N2O17P3. The Labute approximate surface area is 194 Å². The molecule has 0 radical (unpaired) electrons. The highest BCUT2D eigenvalue weighted by atomic mass is 31.3. The lowest BCUT2D eigenvalue weighted by Gasteiger charge is -2.19. The van der Waals surface area contributed by atoms with Crippen molar-refractivity contribution in [3.05, 3.63) is 27.0 Å². The number of ketones is 1. The Hall–Kier alpha value is -1.56. The van der Waals surface area contributed by atoms with E-state index in [4.69, 9.17) is 24.2 Å². The highest BCUT2D eigenvalue weighted by Crippen LogP contribution is 2.66. The fraction of sp³-hybridized carbons (Fsp3) is 0.615. The van der Waals surface area contributed by atoms with Crippen LogP contribution >= 0.6 is 23.5 Å².